The predicted molar refractivity (Wildman–Crippen MR) is 134 cm³/mol. The van der Waals surface area contributed by atoms with Crippen LogP contribution < -0.4 is 26.5 Å². The molecule has 11 heteroatoms. The molecule has 1 atom stereocenters. The van der Waals surface area contributed by atoms with Gasteiger partial charge in [0.15, 0.2) is 5.82 Å². The Bertz CT molecular complexity index is 1280. The highest BCUT2D eigenvalue weighted by atomic mass is 35.5. The van der Waals surface area contributed by atoms with Gasteiger partial charge in [-0.05, 0) is 24.5 Å². The number of halogens is 1. The molecule has 0 unspecified atom stereocenters. The van der Waals surface area contributed by atoms with E-state index in [-0.39, 0.29) is 11.5 Å². The van der Waals surface area contributed by atoms with Gasteiger partial charge < -0.3 is 21.0 Å². The van der Waals surface area contributed by atoms with Crippen LogP contribution in [0.15, 0.2) is 29.3 Å². The van der Waals surface area contributed by atoms with Gasteiger partial charge in [-0.3, -0.25) is 4.79 Å². The first-order valence-corrected chi connectivity index (χ1v) is 11.7. The molecule has 3 aromatic rings. The summed E-state index contributed by atoms with van der Waals surface area (Å²) in [4.78, 5) is 27.2. The van der Waals surface area contributed by atoms with Crippen LogP contribution in [0.2, 0.25) is 5.02 Å². The Morgan fingerprint density at radius 3 is 2.65 bits per heavy atom. The fourth-order valence-corrected chi connectivity index (χ4v) is 4.46. The van der Waals surface area contributed by atoms with Gasteiger partial charge in [0.1, 0.15) is 29.6 Å². The van der Waals surface area contributed by atoms with E-state index in [0.717, 1.165) is 13.1 Å². The lowest BCUT2D eigenvalue weighted by Crippen LogP contribution is -2.54. The van der Waals surface area contributed by atoms with Gasteiger partial charge in [0.25, 0.3) is 5.56 Å². The molecule has 4 rings (SSSR count). The van der Waals surface area contributed by atoms with Gasteiger partial charge in [-0.2, -0.15) is 5.26 Å². The monoisotopic (exact) mass is 481 g/mol. The van der Waals surface area contributed by atoms with E-state index in [1.807, 2.05) is 5.01 Å². The van der Waals surface area contributed by atoms with Crippen molar-refractivity contribution in [3.05, 3.63) is 51.3 Å². The van der Waals surface area contributed by atoms with E-state index in [9.17, 15) is 10.1 Å². The molecule has 0 bridgehead atoms. The Balaban J connectivity index is 1.92. The number of rotatable bonds is 7. The molecule has 10 nitrogen and oxygen atoms in total. The Labute approximate surface area is 203 Å². The lowest BCUT2D eigenvalue weighted by molar-refractivity contribution is 0.437. The molecule has 2 aromatic heterocycles. The quantitative estimate of drug-likeness (QED) is 0.466. The molecule has 1 aliphatic rings. The molecule has 1 fully saturated rings. The van der Waals surface area contributed by atoms with Crippen molar-refractivity contribution in [1.82, 2.24) is 24.9 Å². The molecule has 1 aromatic carbocycles. The number of fused-ring (bicyclic) bond motifs is 1. The van der Waals surface area contributed by atoms with Crippen LogP contribution in [0, 0.1) is 17.2 Å². The highest BCUT2D eigenvalue weighted by Crippen LogP contribution is 2.29. The normalized spacial score (nSPS) is 14.8. The molecule has 3 N–H and O–H groups in total. The lowest BCUT2D eigenvalue weighted by atomic mass is 10.0. The van der Waals surface area contributed by atoms with E-state index in [4.69, 9.17) is 16.6 Å². The van der Waals surface area contributed by atoms with E-state index in [2.05, 4.69) is 45.8 Å². The van der Waals surface area contributed by atoms with Gasteiger partial charge in [0.2, 0.25) is 0 Å². The molecular formula is C23H28ClN9O. The largest absolute Gasteiger partial charge is 0.372 e. The molecule has 178 valence electrons. The molecule has 3 heterocycles. The highest BCUT2D eigenvalue weighted by molar-refractivity contribution is 6.35. The molecule has 0 radical (unpaired) electrons. The maximum Gasteiger partial charge on any atom is 0.281 e. The topological polar surface area (TPSA) is 124 Å². The lowest BCUT2D eigenvalue weighted by Gasteiger charge is -2.34. The highest BCUT2D eigenvalue weighted by Gasteiger charge is 2.27. The number of nitrogens with zero attached hydrogens (tertiary/aromatic N) is 6. The Morgan fingerprint density at radius 2 is 1.97 bits per heavy atom. The second-order valence-electron chi connectivity index (χ2n) is 8.56. The van der Waals surface area contributed by atoms with Crippen molar-refractivity contribution in [1.29, 1.82) is 5.26 Å². The fourth-order valence-electron chi connectivity index (χ4n) is 4.21. The third-order valence-corrected chi connectivity index (χ3v) is 6.07. The van der Waals surface area contributed by atoms with Crippen molar-refractivity contribution in [2.75, 3.05) is 48.9 Å². The minimum absolute atomic E-state index is 0.206. The first-order valence-electron chi connectivity index (χ1n) is 11.3. The Kier molecular flexibility index (Phi) is 7.14. The summed E-state index contributed by atoms with van der Waals surface area (Å²) in [5, 5.41) is 22.2. The summed E-state index contributed by atoms with van der Waals surface area (Å²) in [6.45, 7) is 7.02. The van der Waals surface area contributed by atoms with Crippen molar-refractivity contribution in [2.24, 2.45) is 5.92 Å². The molecule has 1 aliphatic heterocycles. The fraction of sp³-hybridized carbons (Fsp3) is 0.435. The van der Waals surface area contributed by atoms with E-state index in [0.29, 0.717) is 58.5 Å². The SMILES string of the molecule is CNc1ncnc(N[C@@H](CC(C)C)c2nc3cccc(Cl)c3c(=O)n2N2CCNCC2)c1C#N. The van der Waals surface area contributed by atoms with E-state index in [1.54, 1.807) is 29.9 Å². The van der Waals surface area contributed by atoms with Gasteiger partial charge >= 0.3 is 0 Å². The number of anilines is 2. The summed E-state index contributed by atoms with van der Waals surface area (Å²) >= 11 is 6.43. The Morgan fingerprint density at radius 1 is 1.24 bits per heavy atom. The van der Waals surface area contributed by atoms with E-state index >= 15 is 0 Å². The number of nitriles is 1. The first-order chi connectivity index (χ1) is 16.4. The van der Waals surface area contributed by atoms with Gasteiger partial charge in [-0.15, -0.1) is 0 Å². The smallest absolute Gasteiger partial charge is 0.281 e. The number of aromatic nitrogens is 4. The van der Waals surface area contributed by atoms with Gasteiger partial charge in [-0.1, -0.05) is 31.5 Å². The second kappa shape index (κ2) is 10.2. The summed E-state index contributed by atoms with van der Waals surface area (Å²) < 4.78 is 1.65. The summed E-state index contributed by atoms with van der Waals surface area (Å²) in [6, 6.07) is 7.08. The summed E-state index contributed by atoms with van der Waals surface area (Å²) in [6.07, 6.45) is 2.06. The summed E-state index contributed by atoms with van der Waals surface area (Å²) in [5.74, 6) is 1.65. The van der Waals surface area contributed by atoms with Crippen LogP contribution in [0.3, 0.4) is 0 Å². The van der Waals surface area contributed by atoms with Crippen LogP contribution in [0.5, 0.6) is 0 Å². The van der Waals surface area contributed by atoms with Crippen LogP contribution in [-0.2, 0) is 0 Å². The minimum Gasteiger partial charge on any atom is -0.372 e. The maximum atomic E-state index is 13.8. The number of hydrogen-bond acceptors (Lipinski definition) is 9. The first kappa shape index (κ1) is 23.7. The third-order valence-electron chi connectivity index (χ3n) is 5.75. The maximum absolute atomic E-state index is 13.8. The van der Waals surface area contributed by atoms with Crippen LogP contribution in [-0.4, -0.2) is 52.9 Å². The van der Waals surface area contributed by atoms with Gasteiger partial charge in [0, 0.05) is 33.2 Å². The number of benzene rings is 1. The minimum atomic E-state index is -0.391. The van der Waals surface area contributed by atoms with Crippen molar-refractivity contribution in [2.45, 2.75) is 26.3 Å². The zero-order chi connectivity index (χ0) is 24.2. The Hall–Kier alpha value is -3.42. The van der Waals surface area contributed by atoms with Crippen molar-refractivity contribution < 1.29 is 0 Å². The van der Waals surface area contributed by atoms with Crippen LogP contribution in [0.25, 0.3) is 10.9 Å². The number of piperazine rings is 1. The van der Waals surface area contributed by atoms with Crippen LogP contribution >= 0.6 is 11.6 Å². The van der Waals surface area contributed by atoms with Crippen molar-refractivity contribution in [3.8, 4) is 6.07 Å². The van der Waals surface area contributed by atoms with Crippen molar-refractivity contribution in [3.63, 3.8) is 0 Å². The molecular weight excluding hydrogens is 454 g/mol. The molecule has 0 aliphatic carbocycles. The average Bonchev–Trinajstić information content (AvgIpc) is 2.83. The second-order valence-corrected chi connectivity index (χ2v) is 8.97. The van der Waals surface area contributed by atoms with E-state index < -0.39 is 6.04 Å². The molecule has 34 heavy (non-hydrogen) atoms. The van der Waals surface area contributed by atoms with Crippen LogP contribution in [0.1, 0.15) is 37.7 Å². The summed E-state index contributed by atoms with van der Waals surface area (Å²) in [7, 11) is 1.70. The van der Waals surface area contributed by atoms with Gasteiger partial charge in [0.05, 0.1) is 22.0 Å². The van der Waals surface area contributed by atoms with E-state index in [1.165, 1.54) is 6.33 Å². The zero-order valence-electron chi connectivity index (χ0n) is 19.5. The van der Waals surface area contributed by atoms with Gasteiger partial charge in [-0.25, -0.2) is 19.6 Å². The molecule has 1 saturated heterocycles. The van der Waals surface area contributed by atoms with Crippen molar-refractivity contribution >= 4 is 34.1 Å². The molecule has 0 spiro atoms. The number of hydrogen-bond donors (Lipinski definition) is 3. The number of nitrogens with one attached hydrogen (secondary N) is 3. The molecule has 0 amide bonds. The van der Waals surface area contributed by atoms with Crippen LogP contribution in [0.4, 0.5) is 11.6 Å². The zero-order valence-corrected chi connectivity index (χ0v) is 20.2. The third kappa shape index (κ3) is 4.62. The standard InChI is InChI=1S/C23H28ClN9O/c1-14(2)11-18(30-21-15(12-25)20(26-3)28-13-29-21)22-31-17-6-4-5-16(24)19(17)23(34)33(22)32-9-7-27-8-10-32/h4-6,13-14,18,27H,7-11H2,1-3H3,(H2,26,28,29,30)/t18-/m0/s1. The predicted octanol–water partition coefficient (Wildman–Crippen LogP) is 2.49. The summed E-state index contributed by atoms with van der Waals surface area (Å²) in [5.41, 5.74) is 0.634. The average molecular weight is 482 g/mol. The molecule has 0 saturated carbocycles.